The van der Waals surface area contributed by atoms with Crippen LogP contribution in [0.2, 0.25) is 0 Å². The molecule has 88 valence electrons. The first-order valence-corrected chi connectivity index (χ1v) is 6.10. The summed E-state index contributed by atoms with van der Waals surface area (Å²) in [6.07, 6.45) is 0. The monoisotopic (exact) mass is 341 g/mol. The number of halogens is 1. The first kappa shape index (κ1) is 12.0. The van der Waals surface area contributed by atoms with E-state index < -0.39 is 0 Å². The Morgan fingerprint density at radius 3 is 2.53 bits per heavy atom. The molecule has 1 aromatic carbocycles. The molecule has 0 saturated carbocycles. The van der Waals surface area contributed by atoms with Gasteiger partial charge in [-0.1, -0.05) is 0 Å². The van der Waals surface area contributed by atoms with Gasteiger partial charge in [-0.3, -0.25) is 0 Å². The van der Waals surface area contributed by atoms with E-state index in [9.17, 15) is 0 Å². The highest BCUT2D eigenvalue weighted by Gasteiger charge is 2.02. The number of aromatic nitrogens is 1. The lowest BCUT2D eigenvalue weighted by Crippen LogP contribution is -1.99. The van der Waals surface area contributed by atoms with Gasteiger partial charge in [0.05, 0.1) is 12.8 Å². The fourth-order valence-electron chi connectivity index (χ4n) is 1.37. The molecule has 2 rings (SSSR count). The number of rotatable bonds is 3. The Morgan fingerprint density at radius 2 is 1.88 bits per heavy atom. The predicted octanol–water partition coefficient (Wildman–Crippen LogP) is 3.02. The van der Waals surface area contributed by atoms with Crippen LogP contribution < -0.4 is 15.8 Å². The lowest BCUT2D eigenvalue weighted by molar-refractivity contribution is 0.401. The Kier molecular flexibility index (Phi) is 3.68. The van der Waals surface area contributed by atoms with Crippen molar-refractivity contribution in [2.45, 2.75) is 0 Å². The SMILES string of the molecule is COc1nc(Nc2ccc(I)cc2)ccc1N. The molecule has 4 nitrogen and oxygen atoms in total. The van der Waals surface area contributed by atoms with E-state index in [0.29, 0.717) is 17.4 Å². The number of pyridine rings is 1. The molecule has 2 aromatic rings. The summed E-state index contributed by atoms with van der Waals surface area (Å²) in [5.74, 6) is 1.14. The minimum absolute atomic E-state index is 0.431. The quantitative estimate of drug-likeness (QED) is 0.843. The largest absolute Gasteiger partial charge is 0.479 e. The van der Waals surface area contributed by atoms with E-state index in [1.54, 1.807) is 13.2 Å². The summed E-state index contributed by atoms with van der Waals surface area (Å²) in [7, 11) is 1.55. The second-order valence-corrected chi connectivity index (χ2v) is 4.67. The molecule has 0 spiro atoms. The van der Waals surface area contributed by atoms with Crippen LogP contribution in [0.5, 0.6) is 5.88 Å². The van der Waals surface area contributed by atoms with E-state index in [0.717, 1.165) is 5.69 Å². The molecular formula is C12H12IN3O. The summed E-state index contributed by atoms with van der Waals surface area (Å²) in [5.41, 5.74) is 7.20. The van der Waals surface area contributed by atoms with Gasteiger partial charge in [-0.25, -0.2) is 0 Å². The van der Waals surface area contributed by atoms with Crippen molar-refractivity contribution in [2.75, 3.05) is 18.2 Å². The normalized spacial score (nSPS) is 10.0. The molecule has 0 radical (unpaired) electrons. The summed E-state index contributed by atoms with van der Waals surface area (Å²) in [5, 5.41) is 3.18. The molecule has 0 amide bonds. The van der Waals surface area contributed by atoms with Crippen molar-refractivity contribution < 1.29 is 4.74 Å². The van der Waals surface area contributed by atoms with Crippen molar-refractivity contribution in [3.63, 3.8) is 0 Å². The van der Waals surface area contributed by atoms with Gasteiger partial charge in [-0.05, 0) is 59.0 Å². The van der Waals surface area contributed by atoms with Crippen LogP contribution in [0.1, 0.15) is 0 Å². The Labute approximate surface area is 113 Å². The fraction of sp³-hybridized carbons (Fsp3) is 0.0833. The molecule has 1 aromatic heterocycles. The summed E-state index contributed by atoms with van der Waals surface area (Å²) in [6, 6.07) is 11.6. The number of nitrogens with zero attached hydrogens (tertiary/aromatic N) is 1. The second kappa shape index (κ2) is 5.22. The van der Waals surface area contributed by atoms with E-state index in [1.165, 1.54) is 3.57 Å². The molecule has 0 aliphatic rings. The zero-order valence-corrected chi connectivity index (χ0v) is 11.4. The van der Waals surface area contributed by atoms with Crippen LogP contribution in [0.4, 0.5) is 17.2 Å². The predicted molar refractivity (Wildman–Crippen MR) is 77.6 cm³/mol. The van der Waals surface area contributed by atoms with Gasteiger partial charge < -0.3 is 15.8 Å². The minimum atomic E-state index is 0.431. The fourth-order valence-corrected chi connectivity index (χ4v) is 1.73. The maximum atomic E-state index is 5.70. The highest BCUT2D eigenvalue weighted by Crippen LogP contribution is 2.23. The summed E-state index contributed by atoms with van der Waals surface area (Å²) < 4.78 is 6.26. The maximum Gasteiger partial charge on any atom is 0.238 e. The molecule has 3 N–H and O–H groups in total. The van der Waals surface area contributed by atoms with Gasteiger partial charge in [0.15, 0.2) is 0 Å². The van der Waals surface area contributed by atoms with Gasteiger partial charge in [0.1, 0.15) is 5.82 Å². The highest BCUT2D eigenvalue weighted by molar-refractivity contribution is 14.1. The third-order valence-corrected chi connectivity index (χ3v) is 2.92. The Bertz CT molecular complexity index is 514. The van der Waals surface area contributed by atoms with Crippen LogP contribution in [-0.2, 0) is 0 Å². The summed E-state index contributed by atoms with van der Waals surface area (Å²) in [4.78, 5) is 4.25. The van der Waals surface area contributed by atoms with Crippen molar-refractivity contribution in [1.82, 2.24) is 4.98 Å². The topological polar surface area (TPSA) is 60.2 Å². The van der Waals surface area contributed by atoms with Crippen LogP contribution in [0.3, 0.4) is 0 Å². The van der Waals surface area contributed by atoms with Gasteiger partial charge in [0.25, 0.3) is 0 Å². The second-order valence-electron chi connectivity index (χ2n) is 3.43. The molecule has 0 bridgehead atoms. The Morgan fingerprint density at radius 1 is 1.18 bits per heavy atom. The van der Waals surface area contributed by atoms with Crippen LogP contribution in [0.15, 0.2) is 36.4 Å². The number of ether oxygens (including phenoxy) is 1. The average Bonchev–Trinajstić information content (AvgIpc) is 2.34. The Hall–Kier alpha value is -1.50. The van der Waals surface area contributed by atoms with Gasteiger partial charge in [0.2, 0.25) is 5.88 Å². The highest BCUT2D eigenvalue weighted by atomic mass is 127. The third-order valence-electron chi connectivity index (χ3n) is 2.20. The molecule has 17 heavy (non-hydrogen) atoms. The van der Waals surface area contributed by atoms with Crippen LogP contribution in [0, 0.1) is 3.57 Å². The van der Waals surface area contributed by atoms with Crippen molar-refractivity contribution in [2.24, 2.45) is 0 Å². The van der Waals surface area contributed by atoms with Gasteiger partial charge >= 0.3 is 0 Å². The number of benzene rings is 1. The zero-order chi connectivity index (χ0) is 12.3. The van der Waals surface area contributed by atoms with Gasteiger partial charge in [-0.15, -0.1) is 0 Å². The number of anilines is 3. The minimum Gasteiger partial charge on any atom is -0.479 e. The summed E-state index contributed by atoms with van der Waals surface area (Å²) >= 11 is 2.26. The van der Waals surface area contributed by atoms with Crippen LogP contribution in [0.25, 0.3) is 0 Å². The number of methoxy groups -OCH3 is 1. The average molecular weight is 341 g/mol. The van der Waals surface area contributed by atoms with E-state index in [2.05, 4.69) is 32.9 Å². The first-order valence-electron chi connectivity index (χ1n) is 5.02. The molecule has 0 atom stereocenters. The summed E-state index contributed by atoms with van der Waals surface area (Å²) in [6.45, 7) is 0. The van der Waals surface area contributed by atoms with E-state index >= 15 is 0 Å². The molecule has 1 heterocycles. The van der Waals surface area contributed by atoms with Gasteiger partial charge in [0, 0.05) is 9.26 Å². The number of hydrogen-bond acceptors (Lipinski definition) is 4. The molecule has 5 heteroatoms. The molecule has 0 aliphatic heterocycles. The van der Waals surface area contributed by atoms with Crippen molar-refractivity contribution >= 4 is 39.8 Å². The van der Waals surface area contributed by atoms with Crippen LogP contribution >= 0.6 is 22.6 Å². The van der Waals surface area contributed by atoms with Crippen LogP contribution in [-0.4, -0.2) is 12.1 Å². The lowest BCUT2D eigenvalue weighted by Gasteiger charge is -2.08. The molecule has 0 saturated heterocycles. The third kappa shape index (κ3) is 3.00. The van der Waals surface area contributed by atoms with Gasteiger partial charge in [-0.2, -0.15) is 4.98 Å². The van der Waals surface area contributed by atoms with Crippen molar-refractivity contribution in [3.8, 4) is 5.88 Å². The van der Waals surface area contributed by atoms with E-state index in [-0.39, 0.29) is 0 Å². The molecule has 0 unspecified atom stereocenters. The first-order chi connectivity index (χ1) is 8.19. The maximum absolute atomic E-state index is 5.70. The van der Waals surface area contributed by atoms with Crippen molar-refractivity contribution in [1.29, 1.82) is 0 Å². The molecular weight excluding hydrogens is 329 g/mol. The molecule has 0 aliphatic carbocycles. The smallest absolute Gasteiger partial charge is 0.238 e. The number of nitrogen functional groups attached to an aromatic ring is 1. The number of nitrogens with one attached hydrogen (secondary N) is 1. The zero-order valence-electron chi connectivity index (χ0n) is 9.27. The number of nitrogens with two attached hydrogens (primary N) is 1. The van der Waals surface area contributed by atoms with E-state index in [1.807, 2.05) is 30.3 Å². The van der Waals surface area contributed by atoms with E-state index in [4.69, 9.17) is 10.5 Å². The lowest BCUT2D eigenvalue weighted by atomic mass is 10.3. The standard InChI is InChI=1S/C12H12IN3O/c1-17-12-10(14)6-7-11(16-12)15-9-4-2-8(13)3-5-9/h2-7H,14H2,1H3,(H,15,16). The van der Waals surface area contributed by atoms with Crippen molar-refractivity contribution in [3.05, 3.63) is 40.0 Å². The Balaban J connectivity index is 2.21. The molecule has 0 fully saturated rings. The number of hydrogen-bond donors (Lipinski definition) is 2.